The van der Waals surface area contributed by atoms with Gasteiger partial charge in [0.25, 0.3) is 5.69 Å². The van der Waals surface area contributed by atoms with E-state index in [1.54, 1.807) is 14.2 Å². The lowest BCUT2D eigenvalue weighted by atomic mass is 10.4. The van der Waals surface area contributed by atoms with E-state index in [9.17, 15) is 10.1 Å². The van der Waals surface area contributed by atoms with Crippen molar-refractivity contribution in [2.75, 3.05) is 14.2 Å². The van der Waals surface area contributed by atoms with E-state index < -0.39 is 4.92 Å². The first-order valence-electron chi connectivity index (χ1n) is 3.27. The number of hydrogen-bond donors (Lipinski definition) is 0. The van der Waals surface area contributed by atoms with Gasteiger partial charge in [0.05, 0.1) is 4.92 Å². The fourth-order valence-electron chi connectivity index (χ4n) is 0.500. The Hall–Kier alpha value is -1.01. The molecule has 0 aliphatic carbocycles. The minimum atomic E-state index is -0.488. The van der Waals surface area contributed by atoms with Crippen molar-refractivity contribution in [3.05, 3.63) is 33.0 Å². The topological polar surface area (TPSA) is 65.3 Å². The lowest BCUT2D eigenvalue weighted by molar-refractivity contribution is -0.385. The molecule has 0 fully saturated rings. The van der Waals surface area contributed by atoms with Crippen LogP contribution in [0.5, 0.6) is 0 Å². The van der Waals surface area contributed by atoms with E-state index in [0.717, 1.165) is 0 Å². The highest BCUT2D eigenvalue weighted by molar-refractivity contribution is 9.10. The number of hydrogen-bond acceptors (Lipinski definition) is 4. The number of ether oxygens (including phenoxy) is 1. The zero-order valence-corrected chi connectivity index (χ0v) is 8.82. The summed E-state index contributed by atoms with van der Waals surface area (Å²) in [5, 5.41) is 10.1. The highest BCUT2D eigenvalue weighted by Crippen LogP contribution is 2.14. The zero-order chi connectivity index (χ0) is 10.3. The maximum atomic E-state index is 10.1. The zero-order valence-electron chi connectivity index (χ0n) is 7.23. The lowest BCUT2D eigenvalue weighted by Gasteiger charge is -1.88. The van der Waals surface area contributed by atoms with E-state index in [-0.39, 0.29) is 5.69 Å². The second-order valence-electron chi connectivity index (χ2n) is 2.03. The lowest BCUT2D eigenvalue weighted by Crippen LogP contribution is -1.87. The molecule has 0 amide bonds. The summed E-state index contributed by atoms with van der Waals surface area (Å²) in [6.07, 6.45) is 2.69. The van der Waals surface area contributed by atoms with E-state index in [4.69, 9.17) is 0 Å². The normalized spacial score (nSPS) is 8.54. The van der Waals surface area contributed by atoms with Crippen LogP contribution >= 0.6 is 15.9 Å². The fraction of sp³-hybridized carbons (Fsp3) is 0.286. The third-order valence-corrected chi connectivity index (χ3v) is 1.33. The molecule has 0 saturated carbocycles. The van der Waals surface area contributed by atoms with Crippen molar-refractivity contribution in [1.82, 2.24) is 4.98 Å². The Balaban J connectivity index is 0.000000424. The van der Waals surface area contributed by atoms with Gasteiger partial charge in [-0.2, -0.15) is 0 Å². The van der Waals surface area contributed by atoms with Gasteiger partial charge in [-0.1, -0.05) is 0 Å². The predicted octanol–water partition coefficient (Wildman–Crippen LogP) is 2.01. The van der Waals surface area contributed by atoms with Crippen LogP contribution in [0.1, 0.15) is 0 Å². The summed E-state index contributed by atoms with van der Waals surface area (Å²) in [5.74, 6) is 0. The Morgan fingerprint density at radius 1 is 1.54 bits per heavy atom. The molecule has 1 aromatic heterocycles. The Bertz CT molecular complexity index is 280. The third-order valence-electron chi connectivity index (χ3n) is 0.901. The first kappa shape index (κ1) is 12.0. The molecule has 1 heterocycles. The van der Waals surface area contributed by atoms with Crippen LogP contribution in [0.25, 0.3) is 0 Å². The summed E-state index contributed by atoms with van der Waals surface area (Å²) >= 11 is 3.06. The first-order chi connectivity index (χ1) is 6.11. The molecular weight excluding hydrogens is 240 g/mol. The molecule has 0 atom stereocenters. The van der Waals surface area contributed by atoms with Crippen LogP contribution in [-0.4, -0.2) is 24.1 Å². The molecule has 1 rings (SSSR count). The van der Waals surface area contributed by atoms with Crippen molar-refractivity contribution in [1.29, 1.82) is 0 Å². The summed E-state index contributed by atoms with van der Waals surface area (Å²) < 4.78 is 4.86. The second kappa shape index (κ2) is 6.50. The molecule has 0 aromatic carbocycles. The Morgan fingerprint density at radius 2 is 2.08 bits per heavy atom. The summed E-state index contributed by atoms with van der Waals surface area (Å²) in [4.78, 5) is 13.2. The van der Waals surface area contributed by atoms with Gasteiger partial charge < -0.3 is 4.74 Å². The van der Waals surface area contributed by atoms with Gasteiger partial charge in [0.1, 0.15) is 6.20 Å². The maximum Gasteiger partial charge on any atom is 0.288 e. The first-order valence-corrected chi connectivity index (χ1v) is 4.06. The molecular formula is C7H9BrN2O3. The minimum Gasteiger partial charge on any atom is -0.388 e. The average molecular weight is 249 g/mol. The average Bonchev–Trinajstić information content (AvgIpc) is 2.05. The molecule has 6 heteroatoms. The van der Waals surface area contributed by atoms with Crippen LogP contribution in [0.15, 0.2) is 22.9 Å². The number of nitrogens with zero attached hydrogens (tertiary/aromatic N) is 2. The number of rotatable bonds is 1. The molecule has 5 nitrogen and oxygen atoms in total. The Labute approximate surface area is 84.0 Å². The van der Waals surface area contributed by atoms with Gasteiger partial charge in [-0.3, -0.25) is 15.1 Å². The standard InChI is InChI=1S/C5H3BrN2O2.C2H6O/c6-4-1-5(8(9)10)3-7-2-4;1-3-2/h1-3H;1-2H3. The molecule has 0 radical (unpaired) electrons. The van der Waals surface area contributed by atoms with Gasteiger partial charge in [-0.15, -0.1) is 0 Å². The summed E-state index contributed by atoms with van der Waals surface area (Å²) in [6.45, 7) is 0. The predicted molar refractivity (Wildman–Crippen MR) is 51.5 cm³/mol. The van der Waals surface area contributed by atoms with Crippen LogP contribution in [0, 0.1) is 10.1 Å². The van der Waals surface area contributed by atoms with Crippen molar-refractivity contribution in [2.45, 2.75) is 0 Å². The molecule has 0 N–H and O–H groups in total. The molecule has 1 aromatic rings. The van der Waals surface area contributed by atoms with Crippen LogP contribution < -0.4 is 0 Å². The summed E-state index contributed by atoms with van der Waals surface area (Å²) in [5.41, 5.74) is -0.00521. The SMILES string of the molecule is COC.O=[N+]([O-])c1cncc(Br)c1. The van der Waals surface area contributed by atoms with E-state index >= 15 is 0 Å². The smallest absolute Gasteiger partial charge is 0.288 e. The molecule has 13 heavy (non-hydrogen) atoms. The second-order valence-corrected chi connectivity index (χ2v) is 2.94. The summed E-state index contributed by atoms with van der Waals surface area (Å²) in [7, 11) is 3.25. The van der Waals surface area contributed by atoms with Crippen LogP contribution in [0.2, 0.25) is 0 Å². The van der Waals surface area contributed by atoms with Crippen molar-refractivity contribution in [3.63, 3.8) is 0 Å². The maximum absolute atomic E-state index is 10.1. The number of methoxy groups -OCH3 is 1. The van der Waals surface area contributed by atoms with Crippen LogP contribution in [-0.2, 0) is 4.74 Å². The fourth-order valence-corrected chi connectivity index (χ4v) is 0.853. The summed E-state index contributed by atoms with van der Waals surface area (Å²) in [6, 6.07) is 1.40. The minimum absolute atomic E-state index is 0.00521. The van der Waals surface area contributed by atoms with E-state index in [1.165, 1.54) is 18.5 Å². The molecule has 0 saturated heterocycles. The highest BCUT2D eigenvalue weighted by atomic mass is 79.9. The monoisotopic (exact) mass is 248 g/mol. The molecule has 0 spiro atoms. The van der Waals surface area contributed by atoms with Crippen molar-refractivity contribution < 1.29 is 9.66 Å². The van der Waals surface area contributed by atoms with Gasteiger partial charge in [0, 0.05) is 31.0 Å². The van der Waals surface area contributed by atoms with Gasteiger partial charge in [-0.25, -0.2) is 0 Å². The van der Waals surface area contributed by atoms with Crippen LogP contribution in [0.3, 0.4) is 0 Å². The Kier molecular flexibility index (Phi) is 5.99. The molecule has 0 aliphatic heterocycles. The molecule has 0 aliphatic rings. The van der Waals surface area contributed by atoms with Gasteiger partial charge in [0.2, 0.25) is 0 Å². The molecule has 0 unspecified atom stereocenters. The van der Waals surface area contributed by atoms with Crippen molar-refractivity contribution >= 4 is 21.6 Å². The number of nitro groups is 1. The number of pyridine rings is 1. The van der Waals surface area contributed by atoms with Gasteiger partial charge in [-0.05, 0) is 15.9 Å². The van der Waals surface area contributed by atoms with Crippen LogP contribution in [0.4, 0.5) is 5.69 Å². The van der Waals surface area contributed by atoms with E-state index in [2.05, 4.69) is 25.7 Å². The number of aromatic nitrogens is 1. The van der Waals surface area contributed by atoms with Crippen molar-refractivity contribution in [2.24, 2.45) is 0 Å². The highest BCUT2D eigenvalue weighted by Gasteiger charge is 2.03. The quantitative estimate of drug-likeness (QED) is 0.564. The third kappa shape index (κ3) is 5.26. The number of halogens is 1. The Morgan fingerprint density at radius 3 is 2.38 bits per heavy atom. The van der Waals surface area contributed by atoms with E-state index in [1.807, 2.05) is 0 Å². The van der Waals surface area contributed by atoms with E-state index in [0.29, 0.717) is 4.47 Å². The van der Waals surface area contributed by atoms with Gasteiger partial charge in [0.15, 0.2) is 0 Å². The molecule has 72 valence electrons. The largest absolute Gasteiger partial charge is 0.388 e. The van der Waals surface area contributed by atoms with Gasteiger partial charge >= 0.3 is 0 Å². The molecule has 0 bridgehead atoms. The van der Waals surface area contributed by atoms with Crippen molar-refractivity contribution in [3.8, 4) is 0 Å².